The van der Waals surface area contributed by atoms with Crippen LogP contribution in [0.2, 0.25) is 0 Å². The number of benzene rings is 1. The maximum Gasteiger partial charge on any atom is 0.235 e. The number of carbonyl (C=O) groups is 2. The number of rotatable bonds is 3. The molecule has 0 radical (unpaired) electrons. The van der Waals surface area contributed by atoms with E-state index < -0.39 is 0 Å². The van der Waals surface area contributed by atoms with Crippen molar-refractivity contribution in [2.24, 2.45) is 35.5 Å². The Morgan fingerprint density at radius 2 is 1.56 bits per heavy atom. The topological polar surface area (TPSA) is 49.4 Å². The molecule has 1 saturated heterocycles. The zero-order chi connectivity index (χ0) is 17.5. The summed E-state index contributed by atoms with van der Waals surface area (Å²) in [7, 11) is 0. The summed E-state index contributed by atoms with van der Waals surface area (Å²) in [6.45, 7) is 4.34. The molecule has 0 aromatic heterocycles. The first-order chi connectivity index (χ1) is 12.0. The Kier molecular flexibility index (Phi) is 3.25. The normalized spacial score (nSPS) is 37.3. The Balaban J connectivity index is 1.36. The van der Waals surface area contributed by atoms with Gasteiger partial charge in [-0.15, -0.1) is 0 Å². The van der Waals surface area contributed by atoms with Crippen molar-refractivity contribution in [2.75, 3.05) is 12.0 Å². The number of likely N-dealkylation sites (tertiary alicyclic amines) is 1. The molecule has 1 aromatic carbocycles. The van der Waals surface area contributed by atoms with Crippen LogP contribution < -0.4 is 5.32 Å². The molecule has 4 nitrogen and oxygen atoms in total. The summed E-state index contributed by atoms with van der Waals surface area (Å²) in [5.41, 5.74) is 3.22. The van der Waals surface area contributed by atoms with Gasteiger partial charge < -0.3 is 5.32 Å². The van der Waals surface area contributed by atoms with E-state index in [-0.39, 0.29) is 30.3 Å². The lowest BCUT2D eigenvalue weighted by Crippen LogP contribution is -2.40. The number of nitrogens with zero attached hydrogens (tertiary/aromatic N) is 1. The lowest BCUT2D eigenvalue weighted by Gasteiger charge is -2.37. The summed E-state index contributed by atoms with van der Waals surface area (Å²) in [6, 6.07) is 4.07. The number of aryl methyl sites for hydroxylation is 2. The van der Waals surface area contributed by atoms with Crippen LogP contribution in [0.1, 0.15) is 17.5 Å². The van der Waals surface area contributed by atoms with Gasteiger partial charge in [-0.3, -0.25) is 14.5 Å². The van der Waals surface area contributed by atoms with E-state index in [2.05, 4.69) is 33.4 Å². The molecule has 2 amide bonds. The van der Waals surface area contributed by atoms with Crippen molar-refractivity contribution in [3.8, 4) is 0 Å². The van der Waals surface area contributed by atoms with E-state index in [1.165, 1.54) is 11.3 Å². The third kappa shape index (κ3) is 2.11. The number of allylic oxidation sites excluding steroid dienone is 2. The number of hydrogen-bond acceptors (Lipinski definition) is 3. The smallest absolute Gasteiger partial charge is 0.235 e. The van der Waals surface area contributed by atoms with E-state index in [4.69, 9.17) is 0 Å². The Morgan fingerprint density at radius 1 is 1.04 bits per heavy atom. The highest BCUT2D eigenvalue weighted by molar-refractivity contribution is 9.10. The first-order valence-electron chi connectivity index (χ1n) is 9.01. The number of nitrogens with one attached hydrogen (secondary N) is 1. The van der Waals surface area contributed by atoms with Crippen LogP contribution in [0, 0.1) is 49.4 Å². The van der Waals surface area contributed by atoms with Gasteiger partial charge in [-0.1, -0.05) is 28.1 Å². The van der Waals surface area contributed by atoms with Crippen molar-refractivity contribution >= 4 is 33.4 Å². The van der Waals surface area contributed by atoms with Crippen molar-refractivity contribution in [3.05, 3.63) is 39.9 Å². The molecule has 2 saturated carbocycles. The zero-order valence-corrected chi connectivity index (χ0v) is 15.9. The molecule has 6 rings (SSSR count). The van der Waals surface area contributed by atoms with Gasteiger partial charge >= 0.3 is 0 Å². The van der Waals surface area contributed by atoms with E-state index in [9.17, 15) is 9.59 Å². The van der Waals surface area contributed by atoms with E-state index >= 15 is 0 Å². The van der Waals surface area contributed by atoms with Gasteiger partial charge in [-0.25, -0.2) is 0 Å². The van der Waals surface area contributed by atoms with Crippen molar-refractivity contribution in [2.45, 2.75) is 20.3 Å². The number of halogens is 1. The molecule has 0 spiro atoms. The minimum absolute atomic E-state index is 0.0257. The number of hydrogen-bond donors (Lipinski definition) is 1. The lowest BCUT2D eigenvalue weighted by molar-refractivity contribution is -0.139. The third-order valence-corrected chi connectivity index (χ3v) is 7.88. The summed E-state index contributed by atoms with van der Waals surface area (Å²) >= 11 is 3.57. The molecule has 25 heavy (non-hydrogen) atoms. The summed E-state index contributed by atoms with van der Waals surface area (Å²) in [6.07, 6.45) is 5.62. The molecule has 4 aliphatic carbocycles. The molecule has 6 atom stereocenters. The SMILES string of the molecule is Cc1cc(NCN2C(=O)[C@@H]3[C@H]4C=C[C@H]([C@H]5C[C@H]45)[C@@H]3C2=O)cc(C)c1Br. The first-order valence-corrected chi connectivity index (χ1v) is 9.81. The second-order valence-corrected chi connectivity index (χ2v) is 8.81. The molecule has 1 aromatic rings. The Morgan fingerprint density at radius 3 is 2.08 bits per heavy atom. The van der Waals surface area contributed by atoms with E-state index in [0.717, 1.165) is 21.3 Å². The fourth-order valence-electron chi connectivity index (χ4n) is 5.39. The monoisotopic (exact) mass is 400 g/mol. The van der Waals surface area contributed by atoms with E-state index in [1.54, 1.807) is 0 Å². The number of anilines is 1. The Bertz CT molecular complexity index is 774. The van der Waals surface area contributed by atoms with Crippen LogP contribution in [0.25, 0.3) is 0 Å². The van der Waals surface area contributed by atoms with Crippen molar-refractivity contribution in [1.29, 1.82) is 0 Å². The van der Waals surface area contributed by atoms with Gasteiger partial charge in [0.1, 0.15) is 0 Å². The highest BCUT2D eigenvalue weighted by atomic mass is 79.9. The summed E-state index contributed by atoms with van der Waals surface area (Å²) in [4.78, 5) is 27.3. The minimum Gasteiger partial charge on any atom is -0.367 e. The lowest BCUT2D eigenvalue weighted by atomic mass is 9.63. The number of carbonyl (C=O) groups excluding carboxylic acids is 2. The molecule has 3 fully saturated rings. The molecule has 2 bridgehead atoms. The van der Waals surface area contributed by atoms with E-state index in [0.29, 0.717) is 23.7 Å². The van der Waals surface area contributed by atoms with Crippen LogP contribution in [0.15, 0.2) is 28.8 Å². The zero-order valence-electron chi connectivity index (χ0n) is 14.3. The van der Waals surface area contributed by atoms with Gasteiger partial charge in [-0.05, 0) is 67.2 Å². The number of amides is 2. The van der Waals surface area contributed by atoms with Gasteiger partial charge in [-0.2, -0.15) is 0 Å². The summed E-state index contributed by atoms with van der Waals surface area (Å²) in [5, 5.41) is 3.28. The quantitative estimate of drug-likeness (QED) is 0.623. The molecule has 0 unspecified atom stereocenters. The van der Waals surface area contributed by atoms with Gasteiger partial charge in [0.05, 0.1) is 18.5 Å². The largest absolute Gasteiger partial charge is 0.367 e. The first kappa shape index (κ1) is 15.6. The fourth-order valence-corrected chi connectivity index (χ4v) is 5.62. The third-order valence-electron chi connectivity index (χ3n) is 6.63. The fraction of sp³-hybridized carbons (Fsp3) is 0.500. The molecular weight excluding hydrogens is 380 g/mol. The highest BCUT2D eigenvalue weighted by Crippen LogP contribution is 2.65. The van der Waals surface area contributed by atoms with Gasteiger partial charge in [0.25, 0.3) is 0 Å². The molecular formula is C20H21BrN2O2. The van der Waals surface area contributed by atoms with Gasteiger partial charge in [0.15, 0.2) is 0 Å². The maximum absolute atomic E-state index is 12.9. The summed E-state index contributed by atoms with van der Waals surface area (Å²) in [5.74, 6) is 1.71. The van der Waals surface area contributed by atoms with Gasteiger partial charge in [0.2, 0.25) is 11.8 Å². The Hall–Kier alpha value is -1.62. The highest BCUT2D eigenvalue weighted by Gasteiger charge is 2.66. The van der Waals surface area contributed by atoms with Crippen LogP contribution in [0.4, 0.5) is 5.69 Å². The predicted molar refractivity (Wildman–Crippen MR) is 98.7 cm³/mol. The molecule has 1 N–H and O–H groups in total. The van der Waals surface area contributed by atoms with Crippen LogP contribution in [0.5, 0.6) is 0 Å². The Labute approximate surface area is 155 Å². The number of imide groups is 1. The second kappa shape index (κ2) is 5.19. The van der Waals surface area contributed by atoms with Crippen LogP contribution in [-0.2, 0) is 9.59 Å². The standard InChI is InChI=1S/C20H21BrN2O2/c1-9-5-11(6-10(2)18(9)21)22-8-23-19(24)16-12-3-4-13(15-7-14(12)15)17(16)20(23)25/h3-6,12-17,22H,7-8H2,1-2H3/t12-,13+,14-,15-,16+,17-/m1/s1. The average molecular weight is 401 g/mol. The molecule has 5 heteroatoms. The second-order valence-electron chi connectivity index (χ2n) is 8.02. The van der Waals surface area contributed by atoms with Gasteiger partial charge in [0, 0.05) is 10.2 Å². The van der Waals surface area contributed by atoms with Crippen molar-refractivity contribution in [1.82, 2.24) is 4.90 Å². The summed E-state index contributed by atoms with van der Waals surface area (Å²) < 4.78 is 1.10. The minimum atomic E-state index is -0.110. The molecule has 1 aliphatic heterocycles. The predicted octanol–water partition coefficient (Wildman–Crippen LogP) is 3.49. The van der Waals surface area contributed by atoms with Crippen LogP contribution >= 0.6 is 15.9 Å². The van der Waals surface area contributed by atoms with Crippen LogP contribution in [0.3, 0.4) is 0 Å². The van der Waals surface area contributed by atoms with Crippen LogP contribution in [-0.4, -0.2) is 23.4 Å². The average Bonchev–Trinajstić information content (AvgIpc) is 3.37. The van der Waals surface area contributed by atoms with Crippen molar-refractivity contribution in [3.63, 3.8) is 0 Å². The molecule has 1 heterocycles. The maximum atomic E-state index is 12.9. The molecule has 130 valence electrons. The van der Waals surface area contributed by atoms with E-state index in [1.807, 2.05) is 26.0 Å². The molecule has 5 aliphatic rings. The van der Waals surface area contributed by atoms with Crippen molar-refractivity contribution < 1.29 is 9.59 Å².